The van der Waals surface area contributed by atoms with E-state index in [1.54, 1.807) is 0 Å². The van der Waals surface area contributed by atoms with Crippen LogP contribution in [0.1, 0.15) is 88.0 Å². The number of nitrogens with one attached hydrogen (secondary N) is 2. The number of β-amino-alcohol motifs (C(OH)–C–C–N with tert-alkyl or cyclic N) is 1. The molecule has 0 heterocycles. The van der Waals surface area contributed by atoms with Gasteiger partial charge in [0.2, 0.25) is 0 Å². The molecular weight excluding hydrogens is 322 g/mol. The molecule has 0 aromatic carbocycles. The standard InChI is InChI=1S/C22H49N3O/c1-17(2)14-18(3)20(4,5)15-19(26)16-25-22(8,9)11-13-24-21(6,7)10-12-23/h17-19,24-26H,10-16,23H2,1-9H3. The highest BCUT2D eigenvalue weighted by atomic mass is 16.3. The van der Waals surface area contributed by atoms with E-state index in [4.69, 9.17) is 5.73 Å². The fourth-order valence-corrected chi connectivity index (χ4v) is 3.55. The van der Waals surface area contributed by atoms with Crippen molar-refractivity contribution in [1.82, 2.24) is 10.6 Å². The number of hydrogen-bond acceptors (Lipinski definition) is 4. The Morgan fingerprint density at radius 1 is 0.885 bits per heavy atom. The first-order valence-corrected chi connectivity index (χ1v) is 10.6. The maximum absolute atomic E-state index is 10.6. The van der Waals surface area contributed by atoms with Crippen molar-refractivity contribution in [3.05, 3.63) is 0 Å². The van der Waals surface area contributed by atoms with Crippen LogP contribution in [-0.2, 0) is 0 Å². The smallest absolute Gasteiger partial charge is 0.0670 e. The highest BCUT2D eigenvalue weighted by Gasteiger charge is 2.30. The predicted molar refractivity (Wildman–Crippen MR) is 115 cm³/mol. The summed E-state index contributed by atoms with van der Waals surface area (Å²) in [6.45, 7) is 22.6. The van der Waals surface area contributed by atoms with Crippen LogP contribution in [-0.4, -0.2) is 41.9 Å². The Bertz CT molecular complexity index is 378. The van der Waals surface area contributed by atoms with Gasteiger partial charge in [-0.1, -0.05) is 34.6 Å². The molecule has 0 saturated carbocycles. The van der Waals surface area contributed by atoms with Gasteiger partial charge in [0.05, 0.1) is 6.10 Å². The first-order valence-electron chi connectivity index (χ1n) is 10.6. The van der Waals surface area contributed by atoms with E-state index < -0.39 is 0 Å². The lowest BCUT2D eigenvalue weighted by Gasteiger charge is -2.36. The molecule has 0 aromatic rings. The molecule has 0 radical (unpaired) electrons. The van der Waals surface area contributed by atoms with Crippen molar-refractivity contribution in [2.45, 2.75) is 105 Å². The summed E-state index contributed by atoms with van der Waals surface area (Å²) >= 11 is 0. The molecule has 26 heavy (non-hydrogen) atoms. The summed E-state index contributed by atoms with van der Waals surface area (Å²) in [6.07, 6.45) is 3.74. The van der Waals surface area contributed by atoms with Crippen molar-refractivity contribution in [3.8, 4) is 0 Å². The van der Waals surface area contributed by atoms with E-state index in [2.05, 4.69) is 72.9 Å². The normalized spacial score (nSPS) is 16.2. The second-order valence-corrected chi connectivity index (χ2v) is 10.7. The lowest BCUT2D eigenvalue weighted by molar-refractivity contribution is 0.0707. The molecule has 158 valence electrons. The number of rotatable bonds is 14. The SMILES string of the molecule is CC(C)CC(C)C(C)(C)CC(O)CNC(C)(C)CCNC(C)(C)CCN. The van der Waals surface area contributed by atoms with Gasteiger partial charge in [0.1, 0.15) is 0 Å². The Balaban J connectivity index is 4.32. The minimum absolute atomic E-state index is 0.000462. The molecule has 0 rings (SSSR count). The number of hydrogen-bond donors (Lipinski definition) is 4. The molecule has 5 N–H and O–H groups in total. The van der Waals surface area contributed by atoms with Crippen LogP contribution in [0.5, 0.6) is 0 Å². The van der Waals surface area contributed by atoms with Gasteiger partial charge in [-0.15, -0.1) is 0 Å². The molecule has 0 fully saturated rings. The average Bonchev–Trinajstić information content (AvgIpc) is 2.43. The molecule has 0 bridgehead atoms. The Hall–Kier alpha value is -0.160. The monoisotopic (exact) mass is 371 g/mol. The quantitative estimate of drug-likeness (QED) is 0.373. The molecule has 2 unspecified atom stereocenters. The van der Waals surface area contributed by atoms with Crippen molar-refractivity contribution >= 4 is 0 Å². The minimum Gasteiger partial charge on any atom is -0.392 e. The average molecular weight is 372 g/mol. The maximum atomic E-state index is 10.6. The van der Waals surface area contributed by atoms with Crippen LogP contribution in [0.2, 0.25) is 0 Å². The number of aliphatic hydroxyl groups excluding tert-OH is 1. The zero-order valence-electron chi connectivity index (χ0n) is 19.2. The van der Waals surface area contributed by atoms with Crippen molar-refractivity contribution in [2.24, 2.45) is 23.0 Å². The summed E-state index contributed by atoms with van der Waals surface area (Å²) in [4.78, 5) is 0. The van der Waals surface area contributed by atoms with E-state index >= 15 is 0 Å². The number of nitrogens with two attached hydrogens (primary N) is 1. The molecule has 0 aromatic heterocycles. The second kappa shape index (κ2) is 11.0. The van der Waals surface area contributed by atoms with E-state index in [9.17, 15) is 5.11 Å². The van der Waals surface area contributed by atoms with E-state index in [1.807, 2.05) is 0 Å². The zero-order chi connectivity index (χ0) is 20.6. The van der Waals surface area contributed by atoms with Crippen molar-refractivity contribution < 1.29 is 5.11 Å². The van der Waals surface area contributed by atoms with Crippen LogP contribution >= 0.6 is 0 Å². The van der Waals surface area contributed by atoms with Crippen LogP contribution in [0.15, 0.2) is 0 Å². The topological polar surface area (TPSA) is 70.3 Å². The lowest BCUT2D eigenvalue weighted by atomic mass is 9.72. The van der Waals surface area contributed by atoms with Crippen LogP contribution in [0.3, 0.4) is 0 Å². The maximum Gasteiger partial charge on any atom is 0.0670 e. The van der Waals surface area contributed by atoms with Gasteiger partial charge < -0.3 is 21.5 Å². The second-order valence-electron chi connectivity index (χ2n) is 10.7. The molecule has 4 heteroatoms. The first-order chi connectivity index (χ1) is 11.7. The lowest BCUT2D eigenvalue weighted by Crippen LogP contribution is -2.48. The van der Waals surface area contributed by atoms with E-state index in [0.29, 0.717) is 24.9 Å². The molecular formula is C22H49N3O. The molecule has 0 aliphatic carbocycles. The van der Waals surface area contributed by atoms with Crippen molar-refractivity contribution in [1.29, 1.82) is 0 Å². The molecule has 0 spiro atoms. The Labute approximate surface area is 164 Å². The summed E-state index contributed by atoms with van der Waals surface area (Å²) < 4.78 is 0. The third-order valence-corrected chi connectivity index (χ3v) is 5.86. The van der Waals surface area contributed by atoms with Crippen LogP contribution < -0.4 is 16.4 Å². The summed E-state index contributed by atoms with van der Waals surface area (Å²) in [5.41, 5.74) is 5.91. The van der Waals surface area contributed by atoms with E-state index in [0.717, 1.165) is 25.8 Å². The summed E-state index contributed by atoms with van der Waals surface area (Å²) in [5, 5.41) is 17.7. The third-order valence-electron chi connectivity index (χ3n) is 5.86. The minimum atomic E-state index is -0.305. The van der Waals surface area contributed by atoms with Gasteiger partial charge in [0.15, 0.2) is 0 Å². The van der Waals surface area contributed by atoms with Gasteiger partial charge in [-0.05, 0) is 83.7 Å². The van der Waals surface area contributed by atoms with Crippen molar-refractivity contribution in [2.75, 3.05) is 19.6 Å². The van der Waals surface area contributed by atoms with Crippen molar-refractivity contribution in [3.63, 3.8) is 0 Å². The molecule has 4 nitrogen and oxygen atoms in total. The first kappa shape index (κ1) is 25.8. The largest absolute Gasteiger partial charge is 0.392 e. The molecule has 0 saturated heterocycles. The fourth-order valence-electron chi connectivity index (χ4n) is 3.55. The van der Waals surface area contributed by atoms with Crippen LogP contribution in [0.4, 0.5) is 0 Å². The van der Waals surface area contributed by atoms with E-state index in [1.165, 1.54) is 6.42 Å². The Morgan fingerprint density at radius 2 is 1.42 bits per heavy atom. The summed E-state index contributed by atoms with van der Waals surface area (Å²) in [7, 11) is 0. The Morgan fingerprint density at radius 3 is 1.92 bits per heavy atom. The van der Waals surface area contributed by atoms with E-state index in [-0.39, 0.29) is 22.6 Å². The van der Waals surface area contributed by atoms with Gasteiger partial charge in [0, 0.05) is 17.6 Å². The predicted octanol–water partition coefficient (Wildman–Crippen LogP) is 3.92. The van der Waals surface area contributed by atoms with Gasteiger partial charge in [0.25, 0.3) is 0 Å². The van der Waals surface area contributed by atoms with Crippen LogP contribution in [0, 0.1) is 17.3 Å². The summed E-state index contributed by atoms with van der Waals surface area (Å²) in [5.74, 6) is 1.31. The molecule has 0 amide bonds. The fraction of sp³-hybridized carbons (Fsp3) is 1.00. The van der Waals surface area contributed by atoms with Gasteiger partial charge in [-0.2, -0.15) is 0 Å². The molecule has 0 aliphatic rings. The molecule has 0 aliphatic heterocycles. The highest BCUT2D eigenvalue weighted by Crippen LogP contribution is 2.35. The van der Waals surface area contributed by atoms with Gasteiger partial charge in [-0.25, -0.2) is 0 Å². The van der Waals surface area contributed by atoms with Crippen LogP contribution in [0.25, 0.3) is 0 Å². The Kier molecular flexibility index (Phi) is 10.9. The van der Waals surface area contributed by atoms with Gasteiger partial charge >= 0.3 is 0 Å². The molecule has 2 atom stereocenters. The summed E-state index contributed by atoms with van der Waals surface area (Å²) in [6, 6.07) is 0. The highest BCUT2D eigenvalue weighted by molar-refractivity contribution is 4.85. The third kappa shape index (κ3) is 11.5. The zero-order valence-corrected chi connectivity index (χ0v) is 19.2. The van der Waals surface area contributed by atoms with Gasteiger partial charge in [-0.3, -0.25) is 0 Å². The number of aliphatic hydroxyl groups is 1.